The highest BCUT2D eigenvalue weighted by Crippen LogP contribution is 2.30. The largest absolute Gasteiger partial charge is 0.379 e. The number of hydrogen-bond donors (Lipinski definition) is 1. The molecule has 0 aliphatic rings. The van der Waals surface area contributed by atoms with Crippen LogP contribution >= 0.6 is 15.9 Å². The molecule has 1 aromatic heterocycles. The second-order valence-corrected chi connectivity index (χ2v) is 5.33. The molecule has 2 rings (SSSR count). The van der Waals surface area contributed by atoms with Crippen LogP contribution in [0.15, 0.2) is 35.3 Å². The predicted molar refractivity (Wildman–Crippen MR) is 80.7 cm³/mol. The van der Waals surface area contributed by atoms with Gasteiger partial charge >= 0.3 is 0 Å². The van der Waals surface area contributed by atoms with E-state index in [9.17, 15) is 14.5 Å². The first kappa shape index (κ1) is 15.4. The van der Waals surface area contributed by atoms with Crippen LogP contribution in [0.1, 0.15) is 12.8 Å². The Balaban J connectivity index is 1.87. The highest BCUT2D eigenvalue weighted by atomic mass is 79.9. The molecule has 0 bridgehead atoms. The third-order valence-corrected chi connectivity index (χ3v) is 3.56. The molecule has 0 spiro atoms. The van der Waals surface area contributed by atoms with Gasteiger partial charge in [0.2, 0.25) is 0 Å². The Labute approximate surface area is 129 Å². The van der Waals surface area contributed by atoms with Crippen molar-refractivity contribution >= 4 is 27.3 Å². The van der Waals surface area contributed by atoms with E-state index in [0.29, 0.717) is 12.2 Å². The molecular weight excluding hydrogens is 343 g/mol. The molecule has 1 aromatic carbocycles. The van der Waals surface area contributed by atoms with Crippen LogP contribution in [0.3, 0.4) is 0 Å². The predicted octanol–water partition coefficient (Wildman–Crippen LogP) is 3.59. The van der Waals surface area contributed by atoms with Crippen LogP contribution in [0.2, 0.25) is 0 Å². The van der Waals surface area contributed by atoms with Gasteiger partial charge < -0.3 is 9.88 Å². The summed E-state index contributed by atoms with van der Waals surface area (Å²) in [6, 6.07) is 2.31. The number of nitrogens with zero attached hydrogens (tertiary/aromatic N) is 3. The first-order valence-corrected chi connectivity index (χ1v) is 7.20. The van der Waals surface area contributed by atoms with Crippen molar-refractivity contribution in [3.05, 3.63) is 51.3 Å². The average Bonchev–Trinajstić information content (AvgIpc) is 2.95. The maximum Gasteiger partial charge on any atom is 0.295 e. The lowest BCUT2D eigenvalue weighted by Gasteiger charge is -2.08. The first-order valence-electron chi connectivity index (χ1n) is 6.41. The summed E-state index contributed by atoms with van der Waals surface area (Å²) in [5.41, 5.74) is 0.0567. The van der Waals surface area contributed by atoms with Gasteiger partial charge in [-0.15, -0.1) is 0 Å². The van der Waals surface area contributed by atoms with E-state index in [1.54, 1.807) is 12.5 Å². The number of nitro benzene ring substituents is 1. The van der Waals surface area contributed by atoms with E-state index in [1.807, 2.05) is 10.8 Å². The number of anilines is 1. The van der Waals surface area contributed by atoms with Crippen LogP contribution in [0.5, 0.6) is 0 Å². The standard InChI is InChI=1S/C13H14BrFN4O2/c14-10-7-12(13(19(20)21)8-11(10)15)17-3-1-2-5-18-6-4-16-9-18/h4,6-9,17H,1-3,5H2. The monoisotopic (exact) mass is 356 g/mol. The Morgan fingerprint density at radius 2 is 2.24 bits per heavy atom. The van der Waals surface area contributed by atoms with E-state index in [1.165, 1.54) is 6.07 Å². The Kier molecular flexibility index (Phi) is 5.26. The van der Waals surface area contributed by atoms with E-state index in [0.717, 1.165) is 25.5 Å². The molecule has 0 saturated heterocycles. The molecule has 0 aliphatic heterocycles. The number of nitrogens with one attached hydrogen (secondary N) is 1. The van der Waals surface area contributed by atoms with Crippen molar-refractivity contribution in [2.75, 3.05) is 11.9 Å². The molecule has 112 valence electrons. The Morgan fingerprint density at radius 3 is 2.90 bits per heavy atom. The zero-order valence-corrected chi connectivity index (χ0v) is 12.7. The number of halogens is 2. The third-order valence-electron chi connectivity index (χ3n) is 2.95. The van der Waals surface area contributed by atoms with Gasteiger partial charge in [-0.1, -0.05) is 0 Å². The number of imidazole rings is 1. The highest BCUT2D eigenvalue weighted by Gasteiger charge is 2.17. The fourth-order valence-corrected chi connectivity index (χ4v) is 2.23. The normalized spacial score (nSPS) is 10.6. The topological polar surface area (TPSA) is 73.0 Å². The fraction of sp³-hybridized carbons (Fsp3) is 0.308. The molecule has 0 radical (unpaired) electrons. The van der Waals surface area contributed by atoms with Gasteiger partial charge in [0.25, 0.3) is 5.69 Å². The maximum absolute atomic E-state index is 13.3. The van der Waals surface area contributed by atoms with Crippen LogP contribution in [0.4, 0.5) is 15.8 Å². The summed E-state index contributed by atoms with van der Waals surface area (Å²) < 4.78 is 15.5. The number of aromatic nitrogens is 2. The molecule has 1 N–H and O–H groups in total. The van der Waals surface area contributed by atoms with Gasteiger partial charge in [-0.05, 0) is 34.8 Å². The highest BCUT2D eigenvalue weighted by molar-refractivity contribution is 9.10. The molecule has 2 aromatic rings. The lowest BCUT2D eigenvalue weighted by atomic mass is 10.2. The second kappa shape index (κ2) is 7.16. The Bertz CT molecular complexity index is 619. The summed E-state index contributed by atoms with van der Waals surface area (Å²) in [6.07, 6.45) is 7.10. The van der Waals surface area contributed by atoms with Crippen molar-refractivity contribution in [1.29, 1.82) is 0 Å². The minimum atomic E-state index is -0.646. The Hall–Kier alpha value is -1.96. The molecule has 6 nitrogen and oxygen atoms in total. The van der Waals surface area contributed by atoms with Crippen LogP contribution in [0, 0.1) is 15.9 Å². The molecule has 0 amide bonds. The summed E-state index contributed by atoms with van der Waals surface area (Å²) in [5, 5.41) is 13.9. The quantitative estimate of drug-likeness (QED) is 0.467. The van der Waals surface area contributed by atoms with Crippen LogP contribution < -0.4 is 5.32 Å². The molecular formula is C13H14BrFN4O2. The van der Waals surface area contributed by atoms with E-state index >= 15 is 0 Å². The smallest absolute Gasteiger partial charge is 0.295 e. The van der Waals surface area contributed by atoms with Gasteiger partial charge in [-0.25, -0.2) is 9.37 Å². The van der Waals surface area contributed by atoms with E-state index in [2.05, 4.69) is 26.2 Å². The summed E-state index contributed by atoms with van der Waals surface area (Å²) in [7, 11) is 0. The SMILES string of the molecule is O=[N+]([O-])c1cc(F)c(Br)cc1NCCCCn1ccnc1. The average molecular weight is 357 g/mol. The van der Waals surface area contributed by atoms with Gasteiger partial charge in [-0.3, -0.25) is 10.1 Å². The zero-order valence-electron chi connectivity index (χ0n) is 11.1. The van der Waals surface area contributed by atoms with Crippen molar-refractivity contribution in [3.63, 3.8) is 0 Å². The fourth-order valence-electron chi connectivity index (χ4n) is 1.89. The van der Waals surface area contributed by atoms with Crippen LogP contribution in [-0.4, -0.2) is 21.0 Å². The van der Waals surface area contributed by atoms with Crippen molar-refractivity contribution < 1.29 is 9.31 Å². The lowest BCUT2D eigenvalue weighted by molar-refractivity contribution is -0.384. The molecule has 0 aliphatic carbocycles. The Morgan fingerprint density at radius 1 is 1.43 bits per heavy atom. The molecule has 0 saturated carbocycles. The van der Waals surface area contributed by atoms with Gasteiger partial charge in [0.1, 0.15) is 11.5 Å². The molecule has 21 heavy (non-hydrogen) atoms. The van der Waals surface area contributed by atoms with Crippen molar-refractivity contribution in [1.82, 2.24) is 9.55 Å². The van der Waals surface area contributed by atoms with Crippen LogP contribution in [0.25, 0.3) is 0 Å². The van der Waals surface area contributed by atoms with Crippen molar-refractivity contribution in [3.8, 4) is 0 Å². The number of benzene rings is 1. The van der Waals surface area contributed by atoms with Crippen LogP contribution in [-0.2, 0) is 6.54 Å². The number of hydrogen-bond acceptors (Lipinski definition) is 4. The van der Waals surface area contributed by atoms with Gasteiger partial charge in [0, 0.05) is 25.5 Å². The molecule has 1 heterocycles. The number of aryl methyl sites for hydroxylation is 1. The summed E-state index contributed by atoms with van der Waals surface area (Å²) in [5.74, 6) is -0.646. The van der Waals surface area contributed by atoms with Gasteiger partial charge in [0.15, 0.2) is 0 Å². The third kappa shape index (κ3) is 4.25. The maximum atomic E-state index is 13.3. The summed E-state index contributed by atoms with van der Waals surface area (Å²) >= 11 is 3.03. The van der Waals surface area contributed by atoms with E-state index in [4.69, 9.17) is 0 Å². The van der Waals surface area contributed by atoms with Crippen molar-refractivity contribution in [2.24, 2.45) is 0 Å². The molecule has 8 heteroatoms. The molecule has 0 unspecified atom stereocenters. The summed E-state index contributed by atoms with van der Waals surface area (Å²) in [4.78, 5) is 14.3. The lowest BCUT2D eigenvalue weighted by Crippen LogP contribution is -2.06. The zero-order chi connectivity index (χ0) is 15.2. The van der Waals surface area contributed by atoms with Gasteiger partial charge in [-0.2, -0.15) is 0 Å². The van der Waals surface area contributed by atoms with E-state index in [-0.39, 0.29) is 10.2 Å². The second-order valence-electron chi connectivity index (χ2n) is 4.47. The minimum Gasteiger partial charge on any atom is -0.379 e. The van der Waals surface area contributed by atoms with Crippen molar-refractivity contribution in [2.45, 2.75) is 19.4 Å². The summed E-state index contributed by atoms with van der Waals surface area (Å²) in [6.45, 7) is 1.42. The number of rotatable bonds is 7. The molecule has 0 fully saturated rings. The van der Waals surface area contributed by atoms with Gasteiger partial charge in [0.05, 0.1) is 21.8 Å². The van der Waals surface area contributed by atoms with E-state index < -0.39 is 10.7 Å². The molecule has 0 atom stereocenters. The number of nitro groups is 1. The minimum absolute atomic E-state index is 0.203. The first-order chi connectivity index (χ1) is 10.1. The number of unbranched alkanes of at least 4 members (excludes halogenated alkanes) is 1.